The monoisotopic (exact) mass is 353 g/mol. The second-order valence-corrected chi connectivity index (χ2v) is 6.81. The molecule has 0 aromatic heterocycles. The van der Waals surface area contributed by atoms with E-state index in [9.17, 15) is 19.3 Å². The SMILES string of the molecule is CCOP(=O)(OCC)OC1CCN(C(=O)O)CC1(CC)C(=O)O. The summed E-state index contributed by atoms with van der Waals surface area (Å²) in [6, 6.07) is 0. The van der Waals surface area contributed by atoms with Crippen molar-refractivity contribution in [3.8, 4) is 0 Å². The molecule has 0 bridgehead atoms. The van der Waals surface area contributed by atoms with Crippen molar-refractivity contribution in [1.29, 1.82) is 0 Å². The highest BCUT2D eigenvalue weighted by Crippen LogP contribution is 2.54. The van der Waals surface area contributed by atoms with Gasteiger partial charge in [0, 0.05) is 13.1 Å². The van der Waals surface area contributed by atoms with Crippen molar-refractivity contribution in [3.63, 3.8) is 0 Å². The summed E-state index contributed by atoms with van der Waals surface area (Å²) in [6.45, 7) is 4.88. The van der Waals surface area contributed by atoms with Gasteiger partial charge in [0.05, 0.1) is 19.3 Å². The number of carboxylic acids is 1. The molecule has 1 fully saturated rings. The normalized spacial score (nSPS) is 25.3. The van der Waals surface area contributed by atoms with E-state index in [1.165, 1.54) is 0 Å². The Hall–Kier alpha value is -1.15. The van der Waals surface area contributed by atoms with Crippen LogP contribution in [-0.2, 0) is 22.9 Å². The van der Waals surface area contributed by atoms with Crippen LogP contribution in [0.4, 0.5) is 4.79 Å². The third-order valence-corrected chi connectivity index (χ3v) is 5.57. The first-order chi connectivity index (χ1) is 10.7. The first kappa shape index (κ1) is 19.9. The molecular formula is C13H24NO8P. The molecule has 2 N–H and O–H groups in total. The smallest absolute Gasteiger partial charge is 0.475 e. The molecule has 1 aliphatic heterocycles. The van der Waals surface area contributed by atoms with Crippen molar-refractivity contribution in [2.24, 2.45) is 5.41 Å². The minimum atomic E-state index is -3.89. The van der Waals surface area contributed by atoms with Crippen LogP contribution < -0.4 is 0 Å². The molecule has 0 radical (unpaired) electrons. The summed E-state index contributed by atoms with van der Waals surface area (Å²) in [4.78, 5) is 24.0. The Morgan fingerprint density at radius 1 is 1.22 bits per heavy atom. The quantitative estimate of drug-likeness (QED) is 0.638. The highest BCUT2D eigenvalue weighted by atomic mass is 31.2. The van der Waals surface area contributed by atoms with Crippen molar-refractivity contribution in [2.45, 2.75) is 39.7 Å². The number of piperidine rings is 1. The third-order valence-electron chi connectivity index (χ3n) is 3.91. The molecule has 2 unspecified atom stereocenters. The van der Waals surface area contributed by atoms with Gasteiger partial charge in [-0.05, 0) is 26.7 Å². The minimum absolute atomic E-state index is 0.0808. The maximum atomic E-state index is 12.5. The Morgan fingerprint density at radius 3 is 2.17 bits per heavy atom. The van der Waals surface area contributed by atoms with Gasteiger partial charge in [0.2, 0.25) is 0 Å². The van der Waals surface area contributed by atoms with Crippen LogP contribution in [0.1, 0.15) is 33.6 Å². The molecule has 0 saturated carbocycles. The summed E-state index contributed by atoms with van der Waals surface area (Å²) in [5.74, 6) is -1.20. The van der Waals surface area contributed by atoms with E-state index in [0.717, 1.165) is 4.90 Å². The van der Waals surface area contributed by atoms with Crippen molar-refractivity contribution >= 4 is 19.9 Å². The third kappa shape index (κ3) is 4.44. The lowest BCUT2D eigenvalue weighted by atomic mass is 9.75. The van der Waals surface area contributed by atoms with Gasteiger partial charge in [0.1, 0.15) is 5.41 Å². The fraction of sp³-hybridized carbons (Fsp3) is 0.846. The van der Waals surface area contributed by atoms with Crippen LogP contribution in [0.25, 0.3) is 0 Å². The standard InChI is InChI=1S/C13H24NO8P/c1-4-13(11(15)16)9-14(12(17)18)8-7-10(13)22-23(19,20-5-2)21-6-3/h10H,4-9H2,1-3H3,(H,15,16)(H,17,18). The Labute approximate surface area is 135 Å². The zero-order valence-electron chi connectivity index (χ0n) is 13.6. The van der Waals surface area contributed by atoms with Crippen LogP contribution in [0, 0.1) is 5.41 Å². The average molecular weight is 353 g/mol. The Kier molecular flexibility index (Phi) is 7.01. The van der Waals surface area contributed by atoms with Gasteiger partial charge in [0.25, 0.3) is 0 Å². The lowest BCUT2D eigenvalue weighted by Crippen LogP contribution is -2.57. The number of hydrogen-bond acceptors (Lipinski definition) is 6. The largest absolute Gasteiger partial charge is 0.481 e. The van der Waals surface area contributed by atoms with Gasteiger partial charge in [-0.15, -0.1) is 0 Å². The van der Waals surface area contributed by atoms with Gasteiger partial charge in [-0.1, -0.05) is 6.92 Å². The minimum Gasteiger partial charge on any atom is -0.481 e. The zero-order chi connectivity index (χ0) is 17.7. The van der Waals surface area contributed by atoms with E-state index in [2.05, 4.69) is 0 Å². The molecule has 10 heteroatoms. The number of carbonyl (C=O) groups is 2. The molecule has 134 valence electrons. The molecule has 1 amide bonds. The van der Waals surface area contributed by atoms with E-state index in [1.807, 2.05) is 0 Å². The van der Waals surface area contributed by atoms with Crippen LogP contribution in [0.3, 0.4) is 0 Å². The Balaban J connectivity index is 3.09. The van der Waals surface area contributed by atoms with E-state index in [1.54, 1.807) is 20.8 Å². The fourth-order valence-corrected chi connectivity index (χ4v) is 4.10. The predicted molar refractivity (Wildman–Crippen MR) is 80.3 cm³/mol. The second-order valence-electron chi connectivity index (χ2n) is 5.18. The fourth-order valence-electron chi connectivity index (χ4n) is 2.65. The van der Waals surface area contributed by atoms with Crippen LogP contribution in [0.15, 0.2) is 0 Å². The van der Waals surface area contributed by atoms with E-state index in [-0.39, 0.29) is 39.1 Å². The maximum Gasteiger partial charge on any atom is 0.475 e. The molecule has 0 aromatic rings. The topological polar surface area (TPSA) is 123 Å². The first-order valence-corrected chi connectivity index (χ1v) is 8.99. The number of aliphatic carboxylic acids is 1. The van der Waals surface area contributed by atoms with E-state index in [4.69, 9.17) is 18.7 Å². The lowest BCUT2D eigenvalue weighted by molar-refractivity contribution is -0.161. The van der Waals surface area contributed by atoms with Crippen LogP contribution in [0.2, 0.25) is 0 Å². The summed E-state index contributed by atoms with van der Waals surface area (Å²) >= 11 is 0. The number of rotatable bonds is 8. The zero-order valence-corrected chi connectivity index (χ0v) is 14.5. The van der Waals surface area contributed by atoms with Crippen LogP contribution >= 0.6 is 7.82 Å². The lowest BCUT2D eigenvalue weighted by Gasteiger charge is -2.44. The van der Waals surface area contributed by atoms with Gasteiger partial charge in [0.15, 0.2) is 0 Å². The number of phosphoric ester groups is 1. The number of carboxylic acid groups (broad SMARTS) is 2. The highest BCUT2D eigenvalue weighted by Gasteiger charge is 2.53. The van der Waals surface area contributed by atoms with Gasteiger partial charge in [-0.2, -0.15) is 0 Å². The summed E-state index contributed by atoms with van der Waals surface area (Å²) < 4.78 is 28.1. The van der Waals surface area contributed by atoms with Crippen molar-refractivity contribution in [2.75, 3.05) is 26.3 Å². The molecule has 1 heterocycles. The highest BCUT2D eigenvalue weighted by molar-refractivity contribution is 7.48. The molecule has 0 spiro atoms. The van der Waals surface area contributed by atoms with Crippen molar-refractivity contribution < 1.29 is 37.9 Å². The molecular weight excluding hydrogens is 329 g/mol. The van der Waals surface area contributed by atoms with Gasteiger partial charge < -0.3 is 15.1 Å². The first-order valence-electron chi connectivity index (χ1n) is 7.53. The van der Waals surface area contributed by atoms with E-state index in [0.29, 0.717) is 0 Å². The summed E-state index contributed by atoms with van der Waals surface area (Å²) in [7, 11) is -3.89. The number of hydrogen-bond donors (Lipinski definition) is 2. The summed E-state index contributed by atoms with van der Waals surface area (Å²) in [5, 5.41) is 18.8. The number of likely N-dealkylation sites (tertiary alicyclic amines) is 1. The van der Waals surface area contributed by atoms with Crippen LogP contribution in [0.5, 0.6) is 0 Å². The maximum absolute atomic E-state index is 12.5. The Bertz CT molecular complexity index is 475. The van der Waals surface area contributed by atoms with Gasteiger partial charge >= 0.3 is 19.9 Å². The molecule has 1 saturated heterocycles. The Morgan fingerprint density at radius 2 is 1.78 bits per heavy atom. The van der Waals surface area contributed by atoms with E-state index >= 15 is 0 Å². The summed E-state index contributed by atoms with van der Waals surface area (Å²) in [6.07, 6.45) is -1.95. The van der Waals surface area contributed by atoms with E-state index < -0.39 is 31.4 Å². The van der Waals surface area contributed by atoms with Crippen molar-refractivity contribution in [3.05, 3.63) is 0 Å². The summed E-state index contributed by atoms with van der Waals surface area (Å²) in [5.41, 5.74) is -1.50. The number of phosphoric acid groups is 1. The molecule has 23 heavy (non-hydrogen) atoms. The van der Waals surface area contributed by atoms with Gasteiger partial charge in [-0.25, -0.2) is 9.36 Å². The molecule has 2 atom stereocenters. The predicted octanol–water partition coefficient (Wildman–Crippen LogP) is 2.42. The molecule has 0 aromatic carbocycles. The molecule has 9 nitrogen and oxygen atoms in total. The molecule has 0 aliphatic carbocycles. The second kappa shape index (κ2) is 8.10. The van der Waals surface area contributed by atoms with Crippen LogP contribution in [-0.4, -0.2) is 59.6 Å². The number of nitrogens with zero attached hydrogens (tertiary/aromatic N) is 1. The average Bonchev–Trinajstić information content (AvgIpc) is 2.47. The molecule has 1 aliphatic rings. The number of amides is 1. The van der Waals surface area contributed by atoms with Gasteiger partial charge in [-0.3, -0.25) is 18.4 Å². The van der Waals surface area contributed by atoms with Crippen molar-refractivity contribution in [1.82, 2.24) is 4.90 Å². The molecule has 1 rings (SSSR count).